The Bertz CT molecular complexity index is 995. The summed E-state index contributed by atoms with van der Waals surface area (Å²) in [5.74, 6) is -0.164. The minimum atomic E-state index is -0.160. The number of nitrogens with zero attached hydrogens (tertiary/aromatic N) is 2. The average molecular weight is 446 g/mol. The normalized spacial score (nSPS) is 14.7. The summed E-state index contributed by atoms with van der Waals surface area (Å²) in [6.07, 6.45) is 0. The molecule has 0 bridgehead atoms. The van der Waals surface area contributed by atoms with Crippen molar-refractivity contribution in [1.29, 1.82) is 0 Å². The first kappa shape index (κ1) is 20.1. The number of hydrogen-bond donors (Lipinski definition) is 1. The van der Waals surface area contributed by atoms with Crippen molar-refractivity contribution in [3.05, 3.63) is 73.6 Å². The lowest BCUT2D eigenvalue weighted by atomic mass is 10.1. The number of benzene rings is 1. The molecule has 0 saturated carbocycles. The minimum absolute atomic E-state index is 0.00367. The number of piperazine rings is 1. The van der Waals surface area contributed by atoms with Gasteiger partial charge in [-0.2, -0.15) is 0 Å². The number of rotatable bonds is 5. The van der Waals surface area contributed by atoms with Crippen LogP contribution in [0.5, 0.6) is 0 Å². The second kappa shape index (κ2) is 9.09. The summed E-state index contributed by atoms with van der Waals surface area (Å²) in [5, 5.41) is 4.72. The average Bonchev–Trinajstić information content (AvgIpc) is 3.40. The molecule has 1 aliphatic heterocycles. The summed E-state index contributed by atoms with van der Waals surface area (Å²) >= 11 is 8.99. The molecular weight excluding hydrogens is 426 g/mol. The first-order chi connectivity index (χ1) is 14.1. The van der Waals surface area contributed by atoms with Crippen LogP contribution in [-0.2, 0) is 6.54 Å². The Labute approximate surface area is 182 Å². The fourth-order valence-electron chi connectivity index (χ4n) is 3.28. The topological polar surface area (TPSA) is 52.7 Å². The lowest BCUT2D eigenvalue weighted by Crippen LogP contribution is -2.48. The van der Waals surface area contributed by atoms with Crippen LogP contribution in [0.25, 0.3) is 0 Å². The molecule has 29 heavy (non-hydrogen) atoms. The largest absolute Gasteiger partial charge is 0.336 e. The molecule has 2 amide bonds. The molecular formula is C21H20ClN3O2S2. The van der Waals surface area contributed by atoms with Crippen LogP contribution >= 0.6 is 34.3 Å². The van der Waals surface area contributed by atoms with Crippen molar-refractivity contribution in [2.75, 3.05) is 31.5 Å². The van der Waals surface area contributed by atoms with Gasteiger partial charge in [0.05, 0.1) is 9.21 Å². The molecule has 5 nitrogen and oxygen atoms in total. The van der Waals surface area contributed by atoms with Crippen molar-refractivity contribution in [3.8, 4) is 0 Å². The SMILES string of the molecule is O=C(Nc1cccc(C(=O)N2CCN(Cc3ccc(Cl)s3)CC2)c1)c1cccs1. The van der Waals surface area contributed by atoms with Crippen LogP contribution in [0.2, 0.25) is 4.34 Å². The third kappa shape index (κ3) is 5.05. The van der Waals surface area contributed by atoms with Gasteiger partial charge in [-0.3, -0.25) is 14.5 Å². The van der Waals surface area contributed by atoms with Crippen LogP contribution in [0.15, 0.2) is 53.9 Å². The fraction of sp³-hybridized carbons (Fsp3) is 0.238. The number of nitrogens with one attached hydrogen (secondary N) is 1. The zero-order valence-corrected chi connectivity index (χ0v) is 18.0. The van der Waals surface area contributed by atoms with E-state index >= 15 is 0 Å². The summed E-state index contributed by atoms with van der Waals surface area (Å²) in [7, 11) is 0. The highest BCUT2D eigenvalue weighted by Crippen LogP contribution is 2.23. The van der Waals surface area contributed by atoms with E-state index in [-0.39, 0.29) is 11.8 Å². The lowest BCUT2D eigenvalue weighted by Gasteiger charge is -2.34. The maximum absolute atomic E-state index is 12.9. The maximum Gasteiger partial charge on any atom is 0.265 e. The van der Waals surface area contributed by atoms with Crippen molar-refractivity contribution >= 4 is 51.8 Å². The molecule has 0 atom stereocenters. The molecule has 150 valence electrons. The fourth-order valence-corrected chi connectivity index (χ4v) is 5.03. The van der Waals surface area contributed by atoms with E-state index in [0.717, 1.165) is 24.0 Å². The molecule has 1 aromatic carbocycles. The van der Waals surface area contributed by atoms with Gasteiger partial charge in [-0.05, 0) is 41.8 Å². The third-order valence-corrected chi connectivity index (χ3v) is 6.86. The Balaban J connectivity index is 1.34. The van der Waals surface area contributed by atoms with Crippen LogP contribution < -0.4 is 5.32 Å². The highest BCUT2D eigenvalue weighted by Gasteiger charge is 2.22. The minimum Gasteiger partial charge on any atom is -0.336 e. The molecule has 0 unspecified atom stereocenters. The highest BCUT2D eigenvalue weighted by molar-refractivity contribution is 7.16. The molecule has 0 radical (unpaired) electrons. The molecule has 3 aromatic rings. The quantitative estimate of drug-likeness (QED) is 0.620. The smallest absolute Gasteiger partial charge is 0.265 e. The second-order valence-corrected chi connectivity index (χ2v) is 9.53. The summed E-state index contributed by atoms with van der Waals surface area (Å²) in [4.78, 5) is 31.2. The number of thiophene rings is 2. The van der Waals surface area contributed by atoms with E-state index in [1.807, 2.05) is 22.4 Å². The molecule has 2 aromatic heterocycles. The molecule has 1 aliphatic rings. The van der Waals surface area contributed by atoms with Gasteiger partial charge in [0.1, 0.15) is 0 Å². The predicted octanol–water partition coefficient (Wildman–Crippen LogP) is 4.67. The Morgan fingerprint density at radius 2 is 1.86 bits per heavy atom. The van der Waals surface area contributed by atoms with Crippen molar-refractivity contribution < 1.29 is 9.59 Å². The van der Waals surface area contributed by atoms with Crippen LogP contribution in [0.4, 0.5) is 5.69 Å². The van der Waals surface area contributed by atoms with E-state index in [2.05, 4.69) is 16.3 Å². The summed E-state index contributed by atoms with van der Waals surface area (Å²) in [6.45, 7) is 3.89. The number of halogens is 1. The van der Waals surface area contributed by atoms with Gasteiger partial charge < -0.3 is 10.2 Å². The van der Waals surface area contributed by atoms with E-state index in [4.69, 9.17) is 11.6 Å². The molecule has 0 aliphatic carbocycles. The van der Waals surface area contributed by atoms with Gasteiger partial charge in [0.15, 0.2) is 0 Å². The van der Waals surface area contributed by atoms with E-state index in [1.165, 1.54) is 16.2 Å². The predicted molar refractivity (Wildman–Crippen MR) is 119 cm³/mol. The van der Waals surface area contributed by atoms with Crippen molar-refractivity contribution in [2.45, 2.75) is 6.54 Å². The lowest BCUT2D eigenvalue weighted by molar-refractivity contribution is 0.0629. The Hall–Kier alpha value is -2.19. The van der Waals surface area contributed by atoms with Gasteiger partial charge in [-0.25, -0.2) is 0 Å². The Morgan fingerprint density at radius 3 is 2.55 bits per heavy atom. The van der Waals surface area contributed by atoms with Crippen molar-refractivity contribution in [2.24, 2.45) is 0 Å². The molecule has 0 spiro atoms. The van der Waals surface area contributed by atoms with E-state index in [0.29, 0.717) is 29.2 Å². The van der Waals surface area contributed by atoms with E-state index in [1.54, 1.807) is 41.7 Å². The van der Waals surface area contributed by atoms with Crippen LogP contribution in [0.3, 0.4) is 0 Å². The highest BCUT2D eigenvalue weighted by atomic mass is 35.5. The number of carbonyl (C=O) groups is 2. The van der Waals surface area contributed by atoms with Gasteiger partial charge in [-0.1, -0.05) is 23.7 Å². The first-order valence-corrected chi connectivity index (χ1v) is 11.4. The molecule has 4 rings (SSSR count). The second-order valence-electron chi connectivity index (χ2n) is 6.79. The summed E-state index contributed by atoms with van der Waals surface area (Å²) in [5.41, 5.74) is 1.22. The summed E-state index contributed by atoms with van der Waals surface area (Å²) in [6, 6.07) is 14.7. The number of anilines is 1. The number of carbonyl (C=O) groups excluding carboxylic acids is 2. The van der Waals surface area contributed by atoms with Crippen molar-refractivity contribution in [1.82, 2.24) is 9.80 Å². The third-order valence-electron chi connectivity index (χ3n) is 4.78. The number of amides is 2. The Kier molecular flexibility index (Phi) is 6.30. The maximum atomic E-state index is 12.9. The monoisotopic (exact) mass is 445 g/mol. The molecule has 3 heterocycles. The van der Waals surface area contributed by atoms with Crippen molar-refractivity contribution in [3.63, 3.8) is 0 Å². The van der Waals surface area contributed by atoms with Gasteiger partial charge in [0.2, 0.25) is 0 Å². The zero-order valence-electron chi connectivity index (χ0n) is 15.6. The summed E-state index contributed by atoms with van der Waals surface area (Å²) < 4.78 is 0.805. The van der Waals surface area contributed by atoms with Crippen LogP contribution in [0, 0.1) is 0 Å². The van der Waals surface area contributed by atoms with Gasteiger partial charge >= 0.3 is 0 Å². The standard InChI is InChI=1S/C21H20ClN3O2S2/c22-19-7-6-17(29-19)14-24-8-10-25(11-9-24)21(27)15-3-1-4-16(13-15)23-20(26)18-5-2-12-28-18/h1-7,12-13H,8-11,14H2,(H,23,26). The van der Waals surface area contributed by atoms with Gasteiger partial charge in [0.25, 0.3) is 11.8 Å². The van der Waals surface area contributed by atoms with E-state index < -0.39 is 0 Å². The molecule has 8 heteroatoms. The first-order valence-electron chi connectivity index (χ1n) is 9.29. The molecule has 1 N–H and O–H groups in total. The number of hydrogen-bond acceptors (Lipinski definition) is 5. The Morgan fingerprint density at radius 1 is 1.03 bits per heavy atom. The van der Waals surface area contributed by atoms with Gasteiger partial charge in [0, 0.05) is 48.9 Å². The molecule has 1 saturated heterocycles. The van der Waals surface area contributed by atoms with Crippen LogP contribution in [-0.4, -0.2) is 47.8 Å². The van der Waals surface area contributed by atoms with Crippen LogP contribution in [0.1, 0.15) is 24.9 Å². The van der Waals surface area contributed by atoms with E-state index in [9.17, 15) is 9.59 Å². The van der Waals surface area contributed by atoms with Gasteiger partial charge in [-0.15, -0.1) is 22.7 Å². The molecule has 1 fully saturated rings. The zero-order chi connectivity index (χ0) is 20.2.